The molecule has 5 rings (SSSR count). The number of piperidine rings is 1. The van der Waals surface area contributed by atoms with Crippen molar-refractivity contribution in [1.29, 1.82) is 0 Å². The molecule has 1 atom stereocenters. The lowest BCUT2D eigenvalue weighted by Crippen LogP contribution is -2.43. The summed E-state index contributed by atoms with van der Waals surface area (Å²) < 4.78 is 38.1. The Balaban J connectivity index is 1.22. The van der Waals surface area contributed by atoms with E-state index in [0.717, 1.165) is 46.5 Å². The minimum Gasteiger partial charge on any atom is -0.382 e. The van der Waals surface area contributed by atoms with E-state index in [1.165, 1.54) is 0 Å². The Kier molecular flexibility index (Phi) is 8.51. The van der Waals surface area contributed by atoms with Crippen LogP contribution in [0.1, 0.15) is 60.6 Å². The first-order valence-corrected chi connectivity index (χ1v) is 14.5. The number of nitrogens with zero attached hydrogens (tertiary/aromatic N) is 3. The van der Waals surface area contributed by atoms with Gasteiger partial charge < -0.3 is 20.6 Å². The maximum Gasteiger partial charge on any atom is 0.415 e. The summed E-state index contributed by atoms with van der Waals surface area (Å²) in [4.78, 5) is 23.2. The molecular formula is C31H35ClF3N5O2. The number of carbonyl (C=O) groups excluding carboxylic acids is 1. The van der Waals surface area contributed by atoms with Gasteiger partial charge in [0.1, 0.15) is 0 Å². The lowest BCUT2D eigenvalue weighted by Gasteiger charge is -2.33. The average molecular weight is 602 g/mol. The molecule has 0 spiro atoms. The number of alkyl halides is 3. The molecule has 0 aliphatic carbocycles. The van der Waals surface area contributed by atoms with Crippen molar-refractivity contribution in [2.24, 2.45) is 0 Å². The number of carbonyl (C=O) groups is 1. The quantitative estimate of drug-likeness (QED) is 0.281. The van der Waals surface area contributed by atoms with Gasteiger partial charge in [-0.05, 0) is 99.8 Å². The second-order valence-electron chi connectivity index (χ2n) is 11.7. The van der Waals surface area contributed by atoms with Crippen LogP contribution >= 0.6 is 11.6 Å². The highest BCUT2D eigenvalue weighted by molar-refractivity contribution is 6.31. The van der Waals surface area contributed by atoms with Crippen LogP contribution in [0.3, 0.4) is 0 Å². The smallest absolute Gasteiger partial charge is 0.382 e. The molecule has 1 aromatic heterocycles. The molecule has 1 saturated heterocycles. The number of aliphatic hydroxyl groups excluding tert-OH is 1. The normalized spacial score (nSPS) is 18.0. The number of β-amino-alcohol motifs (C(OH)–C–C–N with tert-alkyl or cyclic N) is 1. The van der Waals surface area contributed by atoms with Crippen molar-refractivity contribution < 1.29 is 23.1 Å². The Labute approximate surface area is 248 Å². The number of amides is 1. The molecule has 0 radical (unpaired) electrons. The minimum atomic E-state index is -4.59. The molecule has 2 aliphatic rings. The second-order valence-corrected chi connectivity index (χ2v) is 12.1. The van der Waals surface area contributed by atoms with Gasteiger partial charge >= 0.3 is 6.18 Å². The van der Waals surface area contributed by atoms with Crippen molar-refractivity contribution in [1.82, 2.24) is 14.9 Å². The number of anilines is 3. The number of aliphatic hydroxyl groups is 1. The zero-order valence-corrected chi connectivity index (χ0v) is 24.6. The summed E-state index contributed by atoms with van der Waals surface area (Å²) >= 11 is 6.47. The topological polar surface area (TPSA) is 90.4 Å². The number of aryl methyl sites for hydroxylation is 3. The van der Waals surface area contributed by atoms with Crippen LogP contribution in [0, 0.1) is 6.92 Å². The van der Waals surface area contributed by atoms with Gasteiger partial charge in [-0.3, -0.25) is 4.79 Å². The number of hydrogen-bond acceptors (Lipinski definition) is 6. The molecule has 1 amide bonds. The predicted octanol–water partition coefficient (Wildman–Crippen LogP) is 6.30. The highest BCUT2D eigenvalue weighted by atomic mass is 35.5. The molecule has 224 valence electrons. The molecule has 1 fully saturated rings. The van der Waals surface area contributed by atoms with Gasteiger partial charge in [0.25, 0.3) is 0 Å². The highest BCUT2D eigenvalue weighted by Gasteiger charge is 2.40. The van der Waals surface area contributed by atoms with E-state index in [0.29, 0.717) is 42.6 Å². The van der Waals surface area contributed by atoms with Crippen LogP contribution < -0.4 is 10.6 Å². The van der Waals surface area contributed by atoms with E-state index in [9.17, 15) is 23.1 Å². The van der Waals surface area contributed by atoms with Crippen LogP contribution in [0.25, 0.3) is 0 Å². The lowest BCUT2D eigenvalue weighted by molar-refractivity contribution is -0.208. The third-order valence-electron chi connectivity index (χ3n) is 8.40. The van der Waals surface area contributed by atoms with Crippen LogP contribution in [0.5, 0.6) is 0 Å². The van der Waals surface area contributed by atoms with Gasteiger partial charge in [-0.1, -0.05) is 35.9 Å². The van der Waals surface area contributed by atoms with Gasteiger partial charge in [-0.25, -0.2) is 9.97 Å². The van der Waals surface area contributed by atoms with Gasteiger partial charge in [0.15, 0.2) is 6.10 Å². The number of nitrogens with one attached hydrogen (secondary N) is 2. The third kappa shape index (κ3) is 6.40. The first kappa shape index (κ1) is 30.3. The molecule has 7 nitrogen and oxygen atoms in total. The molecule has 3 N–H and O–H groups in total. The summed E-state index contributed by atoms with van der Waals surface area (Å²) in [6.07, 6.45) is -2.62. The number of hydrogen-bond donors (Lipinski definition) is 3. The Hall–Kier alpha value is -3.21. The van der Waals surface area contributed by atoms with Gasteiger partial charge in [0, 0.05) is 17.9 Å². The van der Waals surface area contributed by atoms with Crippen LogP contribution in [-0.2, 0) is 23.1 Å². The molecule has 0 saturated carbocycles. The van der Waals surface area contributed by atoms with Crippen LogP contribution in [0.2, 0.25) is 5.02 Å². The van der Waals surface area contributed by atoms with Gasteiger partial charge in [-0.2, -0.15) is 13.2 Å². The number of aromatic nitrogens is 2. The van der Waals surface area contributed by atoms with Crippen molar-refractivity contribution in [3.63, 3.8) is 0 Å². The predicted molar refractivity (Wildman–Crippen MR) is 157 cm³/mol. The first-order valence-electron chi connectivity index (χ1n) is 14.1. The van der Waals surface area contributed by atoms with E-state index >= 15 is 0 Å². The third-order valence-corrected chi connectivity index (χ3v) is 8.72. The minimum absolute atomic E-state index is 0.0101. The number of halogens is 4. The van der Waals surface area contributed by atoms with Crippen molar-refractivity contribution in [3.05, 3.63) is 75.6 Å². The number of benzene rings is 2. The van der Waals surface area contributed by atoms with Gasteiger partial charge in [0.05, 0.1) is 22.3 Å². The zero-order chi connectivity index (χ0) is 30.2. The SMILES string of the molecule is Cc1cc(C2CCN(CC(O)C(F)(F)F)CC2)ccc1Nc1ncc(Cl)c(CCc2cccc3c2C(C)(C)C(=O)N3)n1. The van der Waals surface area contributed by atoms with E-state index in [2.05, 4.69) is 26.7 Å². The van der Waals surface area contributed by atoms with Crippen LogP contribution in [0.4, 0.5) is 30.5 Å². The largest absolute Gasteiger partial charge is 0.415 e. The fourth-order valence-corrected chi connectivity index (χ4v) is 6.12. The van der Waals surface area contributed by atoms with E-state index in [1.807, 2.05) is 51.1 Å². The highest BCUT2D eigenvalue weighted by Crippen LogP contribution is 2.40. The molecule has 1 unspecified atom stereocenters. The fourth-order valence-electron chi connectivity index (χ4n) is 5.93. The van der Waals surface area contributed by atoms with Gasteiger partial charge in [0.2, 0.25) is 11.9 Å². The first-order chi connectivity index (χ1) is 19.8. The van der Waals surface area contributed by atoms with Crippen molar-refractivity contribution in [2.75, 3.05) is 30.3 Å². The molecule has 2 aromatic carbocycles. The molecule has 0 bridgehead atoms. The van der Waals surface area contributed by atoms with Crippen LogP contribution in [-0.4, -0.2) is 57.8 Å². The standard InChI is InChI=1S/C31H35ClF3N5O2/c1-18-15-21(19-11-13-40(14-12-19)17-26(41)31(33,34)35)8-9-23(18)38-29-36-16-22(32)24(39-29)10-7-20-5-4-6-25-27(20)30(2,3)28(42)37-25/h4-6,8-9,15-16,19,26,41H,7,10-14,17H2,1-3H3,(H,37,42)(H,36,38,39). The number of rotatable bonds is 8. The Morgan fingerprint density at radius 2 is 1.93 bits per heavy atom. The molecule has 11 heteroatoms. The van der Waals surface area contributed by atoms with E-state index < -0.39 is 17.7 Å². The number of likely N-dealkylation sites (tertiary alicyclic amines) is 1. The Bertz CT molecular complexity index is 1470. The van der Waals surface area contributed by atoms with E-state index in [-0.39, 0.29) is 18.4 Å². The Morgan fingerprint density at radius 3 is 2.62 bits per heavy atom. The lowest BCUT2D eigenvalue weighted by atomic mass is 9.82. The maximum absolute atomic E-state index is 12.7. The molecule has 2 aliphatic heterocycles. The van der Waals surface area contributed by atoms with Gasteiger partial charge in [-0.15, -0.1) is 0 Å². The zero-order valence-electron chi connectivity index (χ0n) is 23.9. The summed E-state index contributed by atoms with van der Waals surface area (Å²) in [5.74, 6) is 0.659. The Morgan fingerprint density at radius 1 is 1.19 bits per heavy atom. The maximum atomic E-state index is 12.7. The summed E-state index contributed by atoms with van der Waals surface area (Å²) in [6.45, 7) is 6.48. The molecule has 42 heavy (non-hydrogen) atoms. The second kappa shape index (κ2) is 11.8. The molecule has 3 heterocycles. The van der Waals surface area contributed by atoms with Crippen LogP contribution in [0.15, 0.2) is 42.6 Å². The van der Waals surface area contributed by atoms with Crippen molar-refractivity contribution in [2.45, 2.75) is 70.1 Å². The monoisotopic (exact) mass is 601 g/mol. The fraction of sp³-hybridized carbons (Fsp3) is 0.452. The molecule has 3 aromatic rings. The van der Waals surface area contributed by atoms with Crippen molar-refractivity contribution in [3.8, 4) is 0 Å². The van der Waals surface area contributed by atoms with E-state index in [4.69, 9.17) is 11.6 Å². The van der Waals surface area contributed by atoms with Crippen molar-refractivity contribution >= 4 is 34.8 Å². The summed E-state index contributed by atoms with van der Waals surface area (Å²) in [5.41, 5.74) is 6.03. The van der Waals surface area contributed by atoms with E-state index in [1.54, 1.807) is 11.1 Å². The summed E-state index contributed by atoms with van der Waals surface area (Å²) in [6, 6.07) is 12.0. The summed E-state index contributed by atoms with van der Waals surface area (Å²) in [5, 5.41) is 16.1. The molecular weight excluding hydrogens is 567 g/mol. The number of fused-ring (bicyclic) bond motifs is 1. The average Bonchev–Trinajstić information content (AvgIpc) is 3.18. The summed E-state index contributed by atoms with van der Waals surface area (Å²) in [7, 11) is 0.